The Morgan fingerprint density at radius 2 is 1.57 bits per heavy atom. The van der Waals surface area contributed by atoms with Crippen molar-refractivity contribution in [3.63, 3.8) is 0 Å². The molecule has 0 aliphatic heterocycles. The minimum atomic E-state index is -3.12. The van der Waals surface area contributed by atoms with Gasteiger partial charge in [0, 0.05) is 19.3 Å². The minimum absolute atomic E-state index is 0.118. The molecule has 0 heterocycles. The first-order valence-corrected chi connectivity index (χ1v) is 12.3. The summed E-state index contributed by atoms with van der Waals surface area (Å²) in [4.78, 5) is 22.3. The van der Waals surface area contributed by atoms with Crippen molar-refractivity contribution in [2.24, 2.45) is 0 Å². The molecule has 0 fully saturated rings. The molecule has 0 aromatic rings. The molecule has 0 saturated heterocycles. The van der Waals surface area contributed by atoms with E-state index in [0.29, 0.717) is 19.3 Å². The number of hydrogen-bond donors (Lipinski definition) is 0. The number of sulfone groups is 1. The van der Waals surface area contributed by atoms with E-state index in [1.54, 1.807) is 6.08 Å². The third-order valence-electron chi connectivity index (χ3n) is 4.72. The van der Waals surface area contributed by atoms with Gasteiger partial charge >= 0.3 is 11.9 Å². The van der Waals surface area contributed by atoms with Crippen molar-refractivity contribution in [3.05, 3.63) is 12.2 Å². The second-order valence-corrected chi connectivity index (χ2v) is 9.65. The van der Waals surface area contributed by atoms with E-state index in [9.17, 15) is 18.0 Å². The highest BCUT2D eigenvalue weighted by molar-refractivity contribution is 7.91. The summed E-state index contributed by atoms with van der Waals surface area (Å²) in [5, 5.41) is -0.370. The monoisotopic (exact) mass is 418 g/mol. The number of carbonyl (C=O) groups excluding carboxylic acids is 2. The van der Waals surface area contributed by atoms with Gasteiger partial charge in [-0.25, -0.2) is 13.2 Å². The number of allylic oxidation sites excluding steroid dienone is 1. The highest BCUT2D eigenvalue weighted by Gasteiger charge is 2.21. The van der Waals surface area contributed by atoms with E-state index >= 15 is 0 Å². The molecule has 2 atom stereocenters. The van der Waals surface area contributed by atoms with Crippen molar-refractivity contribution in [2.75, 3.05) is 13.4 Å². The molecule has 0 saturated carbocycles. The van der Waals surface area contributed by atoms with Crippen LogP contribution in [0.25, 0.3) is 0 Å². The molecular formula is C21H38O6S. The van der Waals surface area contributed by atoms with Gasteiger partial charge in [0.25, 0.3) is 0 Å². The van der Waals surface area contributed by atoms with Crippen LogP contribution >= 0.6 is 0 Å². The molecule has 0 radical (unpaired) electrons. The van der Waals surface area contributed by atoms with Crippen LogP contribution in [0.4, 0.5) is 0 Å². The number of methoxy groups -OCH3 is 1. The molecule has 0 amide bonds. The number of hydrogen-bond acceptors (Lipinski definition) is 6. The number of esters is 2. The molecule has 0 aliphatic carbocycles. The van der Waals surface area contributed by atoms with E-state index in [-0.39, 0.29) is 23.3 Å². The number of rotatable bonds is 16. The van der Waals surface area contributed by atoms with Crippen LogP contribution in [0.3, 0.4) is 0 Å². The first-order chi connectivity index (χ1) is 13.2. The Labute approximate surface area is 171 Å². The first kappa shape index (κ1) is 26.6. The third kappa shape index (κ3) is 14.7. The van der Waals surface area contributed by atoms with Crippen LogP contribution in [-0.2, 0) is 28.9 Å². The van der Waals surface area contributed by atoms with E-state index in [4.69, 9.17) is 4.74 Å². The molecule has 2 unspecified atom stereocenters. The lowest BCUT2D eigenvalue weighted by atomic mass is 10.0. The van der Waals surface area contributed by atoms with Gasteiger partial charge < -0.3 is 9.47 Å². The summed E-state index contributed by atoms with van der Waals surface area (Å²) in [7, 11) is -1.78. The Bertz CT molecular complexity index is 567. The summed E-state index contributed by atoms with van der Waals surface area (Å²) < 4.78 is 34.1. The van der Waals surface area contributed by atoms with Gasteiger partial charge in [-0.1, -0.05) is 32.3 Å². The molecule has 0 aliphatic rings. The van der Waals surface area contributed by atoms with E-state index in [1.807, 2.05) is 0 Å². The maximum Gasteiger partial charge on any atom is 0.330 e. The molecule has 6 nitrogen and oxygen atoms in total. The summed E-state index contributed by atoms with van der Waals surface area (Å²) >= 11 is 0. The van der Waals surface area contributed by atoms with E-state index in [2.05, 4.69) is 11.7 Å². The fraction of sp³-hybridized carbons (Fsp3) is 0.810. The fourth-order valence-electron chi connectivity index (χ4n) is 3.15. The van der Waals surface area contributed by atoms with Crippen LogP contribution in [0.5, 0.6) is 0 Å². The zero-order valence-electron chi connectivity index (χ0n) is 17.9. The molecular weight excluding hydrogens is 380 g/mol. The van der Waals surface area contributed by atoms with Gasteiger partial charge in [-0.2, -0.15) is 0 Å². The van der Waals surface area contributed by atoms with Gasteiger partial charge in [0.15, 0.2) is 0 Å². The van der Waals surface area contributed by atoms with Crippen molar-refractivity contribution in [3.8, 4) is 0 Å². The van der Waals surface area contributed by atoms with E-state index in [1.165, 1.54) is 26.4 Å². The predicted molar refractivity (Wildman–Crippen MR) is 112 cm³/mol. The van der Waals surface area contributed by atoms with Gasteiger partial charge in [0.1, 0.15) is 15.9 Å². The molecule has 0 spiro atoms. The lowest BCUT2D eigenvalue weighted by molar-refractivity contribution is -0.147. The SMILES string of the molecule is CCCCCC(CCCC(CCCC/C=C/C(=O)OC)S(C)(=O)=O)OC(C)=O. The minimum Gasteiger partial charge on any atom is -0.466 e. The zero-order valence-corrected chi connectivity index (χ0v) is 18.8. The highest BCUT2D eigenvalue weighted by atomic mass is 32.2. The Morgan fingerprint density at radius 1 is 0.964 bits per heavy atom. The topological polar surface area (TPSA) is 86.7 Å². The second kappa shape index (κ2) is 15.5. The maximum absolute atomic E-state index is 12.1. The summed E-state index contributed by atoms with van der Waals surface area (Å²) in [6.07, 6.45) is 13.3. The molecule has 7 heteroatoms. The second-order valence-electron chi connectivity index (χ2n) is 7.32. The largest absolute Gasteiger partial charge is 0.466 e. The molecule has 0 N–H and O–H groups in total. The first-order valence-electron chi connectivity index (χ1n) is 10.3. The fourth-order valence-corrected chi connectivity index (χ4v) is 4.34. The van der Waals surface area contributed by atoms with Crippen LogP contribution in [-0.4, -0.2) is 45.1 Å². The van der Waals surface area contributed by atoms with Crippen molar-refractivity contribution in [1.29, 1.82) is 0 Å². The maximum atomic E-state index is 12.1. The Balaban J connectivity index is 4.37. The molecule has 0 bridgehead atoms. The number of unbranched alkanes of at least 4 members (excludes halogenated alkanes) is 4. The smallest absolute Gasteiger partial charge is 0.330 e. The summed E-state index contributed by atoms with van der Waals surface area (Å²) in [5.41, 5.74) is 0. The molecule has 28 heavy (non-hydrogen) atoms. The average Bonchev–Trinajstić information content (AvgIpc) is 2.61. The predicted octanol–water partition coefficient (Wildman–Crippen LogP) is 4.37. The van der Waals surface area contributed by atoms with Gasteiger partial charge in [-0.3, -0.25) is 4.79 Å². The average molecular weight is 419 g/mol. The lowest BCUT2D eigenvalue weighted by Gasteiger charge is -2.19. The van der Waals surface area contributed by atoms with Gasteiger partial charge in [-0.05, 0) is 51.4 Å². The van der Waals surface area contributed by atoms with Gasteiger partial charge in [-0.15, -0.1) is 0 Å². The quantitative estimate of drug-likeness (QED) is 0.210. The summed E-state index contributed by atoms with van der Waals surface area (Å²) in [6.45, 7) is 3.55. The Morgan fingerprint density at radius 3 is 2.14 bits per heavy atom. The molecule has 0 aromatic heterocycles. The van der Waals surface area contributed by atoms with E-state index in [0.717, 1.165) is 51.4 Å². The van der Waals surface area contributed by atoms with Crippen LogP contribution < -0.4 is 0 Å². The molecule has 0 aromatic carbocycles. The van der Waals surface area contributed by atoms with Crippen molar-refractivity contribution >= 4 is 21.8 Å². The van der Waals surface area contributed by atoms with Crippen LogP contribution in [0.1, 0.15) is 84.5 Å². The summed E-state index contributed by atoms with van der Waals surface area (Å²) in [6, 6.07) is 0. The van der Waals surface area contributed by atoms with Gasteiger partial charge in [0.05, 0.1) is 12.4 Å². The normalized spacial score (nSPS) is 14.0. The zero-order chi connectivity index (χ0) is 21.4. The lowest BCUT2D eigenvalue weighted by Crippen LogP contribution is -2.22. The molecule has 164 valence electrons. The van der Waals surface area contributed by atoms with Crippen molar-refractivity contribution < 1.29 is 27.5 Å². The van der Waals surface area contributed by atoms with Crippen molar-refractivity contribution in [2.45, 2.75) is 95.8 Å². The third-order valence-corrected chi connectivity index (χ3v) is 6.40. The van der Waals surface area contributed by atoms with Crippen LogP contribution in [0.2, 0.25) is 0 Å². The standard InChI is InChI=1S/C21H38O6S/c1-5-6-9-13-19(27-18(2)22)14-12-16-20(28(4,24)25)15-10-7-8-11-17-21(23)26-3/h11,17,19-20H,5-10,12-16H2,1-4H3/b17-11+. The number of carbonyl (C=O) groups is 2. The van der Waals surface area contributed by atoms with Crippen molar-refractivity contribution in [1.82, 2.24) is 0 Å². The van der Waals surface area contributed by atoms with Gasteiger partial charge in [0.2, 0.25) is 0 Å². The molecule has 0 rings (SSSR count). The Kier molecular flexibility index (Phi) is 14.8. The number of ether oxygens (including phenoxy) is 2. The summed E-state index contributed by atoms with van der Waals surface area (Å²) in [5.74, 6) is -0.656. The van der Waals surface area contributed by atoms with E-state index < -0.39 is 9.84 Å². The van der Waals surface area contributed by atoms with Crippen LogP contribution in [0.15, 0.2) is 12.2 Å². The Hall–Kier alpha value is -1.37. The van der Waals surface area contributed by atoms with Crippen LogP contribution in [0, 0.1) is 0 Å². The highest BCUT2D eigenvalue weighted by Crippen LogP contribution is 2.20.